The molecule has 0 unspecified atom stereocenters. The minimum Gasteiger partial charge on any atom is -0.490 e. The van der Waals surface area contributed by atoms with Crippen LogP contribution in [0.4, 0.5) is 10.1 Å². The van der Waals surface area contributed by atoms with E-state index >= 15 is 0 Å². The smallest absolute Gasteiger partial charge is 0.255 e. The maximum Gasteiger partial charge on any atom is 0.255 e. The van der Waals surface area contributed by atoms with E-state index in [2.05, 4.69) is 19.2 Å². The summed E-state index contributed by atoms with van der Waals surface area (Å²) in [4.78, 5) is 12.3. The van der Waals surface area contributed by atoms with Gasteiger partial charge in [-0.3, -0.25) is 4.79 Å². The van der Waals surface area contributed by atoms with Crippen LogP contribution >= 0.6 is 0 Å². The Kier molecular flexibility index (Phi) is 6.18. The van der Waals surface area contributed by atoms with E-state index in [4.69, 9.17) is 9.47 Å². The van der Waals surface area contributed by atoms with Gasteiger partial charge in [0.15, 0.2) is 11.5 Å². The topological polar surface area (TPSA) is 47.6 Å². The van der Waals surface area contributed by atoms with Crippen molar-refractivity contribution < 1.29 is 18.7 Å². The van der Waals surface area contributed by atoms with Crippen molar-refractivity contribution in [2.45, 2.75) is 20.8 Å². The first kappa shape index (κ1) is 17.8. The van der Waals surface area contributed by atoms with E-state index in [0.29, 0.717) is 36.2 Å². The molecule has 5 heteroatoms. The molecule has 0 spiro atoms. The minimum absolute atomic E-state index is 0.139. The fourth-order valence-electron chi connectivity index (χ4n) is 2.05. The Morgan fingerprint density at radius 1 is 1.12 bits per heavy atom. The van der Waals surface area contributed by atoms with Gasteiger partial charge in [-0.1, -0.05) is 26.0 Å². The molecule has 0 aromatic heterocycles. The van der Waals surface area contributed by atoms with Gasteiger partial charge in [-0.2, -0.15) is 0 Å². The summed E-state index contributed by atoms with van der Waals surface area (Å²) >= 11 is 0. The molecular weight excluding hydrogens is 309 g/mol. The highest BCUT2D eigenvalue weighted by atomic mass is 19.1. The lowest BCUT2D eigenvalue weighted by Crippen LogP contribution is -2.13. The summed E-state index contributed by atoms with van der Waals surface area (Å²) in [7, 11) is 0. The number of halogens is 1. The SMILES string of the molecule is CCOc1cc(C(=O)Nc2ccccc2F)ccc1OCC(C)C. The number of ether oxygens (including phenoxy) is 2. The molecule has 0 saturated carbocycles. The van der Waals surface area contributed by atoms with Crippen LogP contribution in [0.3, 0.4) is 0 Å². The molecule has 0 bridgehead atoms. The van der Waals surface area contributed by atoms with E-state index in [1.54, 1.807) is 30.3 Å². The van der Waals surface area contributed by atoms with E-state index < -0.39 is 11.7 Å². The summed E-state index contributed by atoms with van der Waals surface area (Å²) in [5.74, 6) is 0.583. The Morgan fingerprint density at radius 2 is 1.88 bits per heavy atom. The molecule has 4 nitrogen and oxygen atoms in total. The Balaban J connectivity index is 2.19. The van der Waals surface area contributed by atoms with Gasteiger partial charge in [0.05, 0.1) is 18.9 Å². The van der Waals surface area contributed by atoms with Gasteiger partial charge in [-0.25, -0.2) is 4.39 Å². The van der Waals surface area contributed by atoms with Crippen LogP contribution in [0.1, 0.15) is 31.1 Å². The van der Waals surface area contributed by atoms with E-state index in [0.717, 1.165) is 0 Å². The van der Waals surface area contributed by atoms with Crippen molar-refractivity contribution in [3.8, 4) is 11.5 Å². The van der Waals surface area contributed by atoms with Crippen LogP contribution in [0.15, 0.2) is 42.5 Å². The van der Waals surface area contributed by atoms with E-state index in [-0.39, 0.29) is 5.69 Å². The van der Waals surface area contributed by atoms with Crippen molar-refractivity contribution in [3.63, 3.8) is 0 Å². The van der Waals surface area contributed by atoms with Gasteiger partial charge < -0.3 is 14.8 Å². The zero-order valence-corrected chi connectivity index (χ0v) is 14.1. The molecule has 0 atom stereocenters. The number of carbonyl (C=O) groups is 1. The average molecular weight is 331 g/mol. The first-order chi connectivity index (χ1) is 11.5. The second-order valence-corrected chi connectivity index (χ2v) is 5.73. The molecule has 2 rings (SSSR count). The normalized spacial score (nSPS) is 10.5. The number of hydrogen-bond acceptors (Lipinski definition) is 3. The zero-order chi connectivity index (χ0) is 17.5. The van der Waals surface area contributed by atoms with Crippen LogP contribution in [-0.2, 0) is 0 Å². The number of amides is 1. The number of hydrogen-bond donors (Lipinski definition) is 1. The third-order valence-electron chi connectivity index (χ3n) is 3.20. The summed E-state index contributed by atoms with van der Waals surface area (Å²) in [5, 5.41) is 2.56. The van der Waals surface area contributed by atoms with Gasteiger partial charge in [-0.15, -0.1) is 0 Å². The third-order valence-corrected chi connectivity index (χ3v) is 3.20. The molecule has 2 aromatic carbocycles. The Bertz CT molecular complexity index is 701. The molecule has 0 radical (unpaired) electrons. The summed E-state index contributed by atoms with van der Waals surface area (Å²) in [6.45, 7) is 6.97. The number of anilines is 1. The molecule has 0 aliphatic carbocycles. The Labute approximate surface area is 141 Å². The minimum atomic E-state index is -0.479. The van der Waals surface area contributed by atoms with Gasteiger partial charge in [0, 0.05) is 5.56 Å². The van der Waals surface area contributed by atoms with E-state index in [1.165, 1.54) is 12.1 Å². The van der Waals surface area contributed by atoms with E-state index in [1.807, 2.05) is 6.92 Å². The molecule has 0 saturated heterocycles. The average Bonchev–Trinajstić information content (AvgIpc) is 2.56. The van der Waals surface area contributed by atoms with Crippen molar-refractivity contribution >= 4 is 11.6 Å². The molecule has 24 heavy (non-hydrogen) atoms. The van der Waals surface area contributed by atoms with Crippen molar-refractivity contribution in [1.82, 2.24) is 0 Å². The number of rotatable bonds is 7. The first-order valence-electron chi connectivity index (χ1n) is 7.96. The zero-order valence-electron chi connectivity index (χ0n) is 14.1. The largest absolute Gasteiger partial charge is 0.490 e. The third kappa shape index (κ3) is 4.72. The predicted molar refractivity (Wildman–Crippen MR) is 92.3 cm³/mol. The van der Waals surface area contributed by atoms with Crippen molar-refractivity contribution in [1.29, 1.82) is 0 Å². The molecule has 2 aromatic rings. The second-order valence-electron chi connectivity index (χ2n) is 5.73. The van der Waals surface area contributed by atoms with Gasteiger partial charge >= 0.3 is 0 Å². The highest BCUT2D eigenvalue weighted by Crippen LogP contribution is 2.29. The fourth-order valence-corrected chi connectivity index (χ4v) is 2.05. The number of benzene rings is 2. The summed E-state index contributed by atoms with van der Waals surface area (Å²) in [6, 6.07) is 11.0. The molecule has 0 aliphatic heterocycles. The molecule has 1 N–H and O–H groups in total. The lowest BCUT2D eigenvalue weighted by atomic mass is 10.1. The van der Waals surface area contributed by atoms with E-state index in [9.17, 15) is 9.18 Å². The monoisotopic (exact) mass is 331 g/mol. The van der Waals surface area contributed by atoms with Crippen LogP contribution in [0.5, 0.6) is 11.5 Å². The Hall–Kier alpha value is -2.56. The number of para-hydroxylation sites is 1. The summed E-state index contributed by atoms with van der Waals surface area (Å²) in [5.41, 5.74) is 0.513. The molecule has 0 aliphatic rings. The molecule has 1 amide bonds. The predicted octanol–water partition coefficient (Wildman–Crippen LogP) is 4.51. The number of nitrogens with one attached hydrogen (secondary N) is 1. The molecule has 0 fully saturated rings. The molecule has 128 valence electrons. The van der Waals surface area contributed by atoms with Crippen LogP contribution in [0.2, 0.25) is 0 Å². The van der Waals surface area contributed by atoms with Gasteiger partial charge in [0.2, 0.25) is 0 Å². The van der Waals surface area contributed by atoms with Crippen LogP contribution < -0.4 is 14.8 Å². The Morgan fingerprint density at radius 3 is 2.54 bits per heavy atom. The highest BCUT2D eigenvalue weighted by Gasteiger charge is 2.13. The molecular formula is C19H22FNO3. The van der Waals surface area contributed by atoms with Gasteiger partial charge in [0.25, 0.3) is 5.91 Å². The lowest BCUT2D eigenvalue weighted by Gasteiger charge is -2.14. The second kappa shape index (κ2) is 8.34. The first-order valence-corrected chi connectivity index (χ1v) is 7.96. The number of carbonyl (C=O) groups excluding carboxylic acids is 1. The maximum atomic E-state index is 13.6. The van der Waals surface area contributed by atoms with Crippen LogP contribution in [0, 0.1) is 11.7 Å². The molecule has 0 heterocycles. The fraction of sp³-hybridized carbons (Fsp3) is 0.316. The lowest BCUT2D eigenvalue weighted by molar-refractivity contribution is 0.102. The van der Waals surface area contributed by atoms with Crippen molar-refractivity contribution in [3.05, 3.63) is 53.8 Å². The summed E-state index contributed by atoms with van der Waals surface area (Å²) < 4.78 is 24.9. The summed E-state index contributed by atoms with van der Waals surface area (Å²) in [6.07, 6.45) is 0. The highest BCUT2D eigenvalue weighted by molar-refractivity contribution is 6.04. The van der Waals surface area contributed by atoms with Crippen molar-refractivity contribution in [2.24, 2.45) is 5.92 Å². The quantitative estimate of drug-likeness (QED) is 0.812. The maximum absolute atomic E-state index is 13.6. The standard InChI is InChI=1S/C19H22FNO3/c1-4-23-18-11-14(9-10-17(18)24-12-13(2)3)19(22)21-16-8-6-5-7-15(16)20/h5-11,13H,4,12H2,1-3H3,(H,21,22). The van der Waals surface area contributed by atoms with Gasteiger partial charge in [0.1, 0.15) is 5.82 Å². The van der Waals surface area contributed by atoms with Crippen molar-refractivity contribution in [2.75, 3.05) is 18.5 Å². The van der Waals surface area contributed by atoms with Crippen LogP contribution in [0.25, 0.3) is 0 Å². The van der Waals surface area contributed by atoms with Crippen LogP contribution in [-0.4, -0.2) is 19.1 Å². The van der Waals surface area contributed by atoms with Gasteiger partial charge in [-0.05, 0) is 43.2 Å².